The van der Waals surface area contributed by atoms with Crippen molar-refractivity contribution in [2.24, 2.45) is 0 Å². The first kappa shape index (κ1) is 15.3. The fourth-order valence-corrected chi connectivity index (χ4v) is 6.29. The quantitative estimate of drug-likeness (QED) is 0.775. The van der Waals surface area contributed by atoms with Crippen molar-refractivity contribution < 1.29 is 8.42 Å². The molecule has 0 aliphatic carbocycles. The van der Waals surface area contributed by atoms with Gasteiger partial charge in [0.2, 0.25) is 10.0 Å². The molecule has 1 fully saturated rings. The molecule has 7 heteroatoms. The Bertz CT molecular complexity index is 566. The Balaban J connectivity index is 2.51. The van der Waals surface area contributed by atoms with Gasteiger partial charge in [-0.15, -0.1) is 0 Å². The lowest BCUT2D eigenvalue weighted by Crippen LogP contribution is -2.35. The minimum Gasteiger partial charge on any atom is -0.398 e. The van der Waals surface area contributed by atoms with Crippen LogP contribution in [0.3, 0.4) is 0 Å². The Hall–Kier alpha value is -0.110. The molecule has 0 saturated carbocycles. The molecule has 0 aromatic heterocycles. The number of benzene rings is 1. The monoisotopic (exact) mass is 410 g/mol. The summed E-state index contributed by atoms with van der Waals surface area (Å²) in [4.78, 5) is 0.177. The Morgan fingerprint density at radius 1 is 1.42 bits per heavy atom. The first-order valence-electron chi connectivity index (χ1n) is 6.14. The average molecular weight is 412 g/mol. The van der Waals surface area contributed by atoms with Crippen LogP contribution in [0.15, 0.2) is 26.0 Å². The first-order chi connectivity index (χ1) is 8.87. The number of nitrogens with zero attached hydrogens (tertiary/aromatic N) is 1. The lowest BCUT2D eigenvalue weighted by Gasteiger charge is -2.24. The predicted molar refractivity (Wildman–Crippen MR) is 83.5 cm³/mol. The van der Waals surface area contributed by atoms with Crippen molar-refractivity contribution in [1.29, 1.82) is 0 Å². The number of sulfonamides is 1. The average Bonchev–Trinajstić information content (AvgIpc) is 2.75. The van der Waals surface area contributed by atoms with Crippen molar-refractivity contribution >= 4 is 47.6 Å². The molecule has 1 aromatic rings. The topological polar surface area (TPSA) is 63.4 Å². The van der Waals surface area contributed by atoms with Gasteiger partial charge in [0.25, 0.3) is 0 Å². The molecule has 0 amide bonds. The van der Waals surface area contributed by atoms with E-state index in [1.54, 1.807) is 16.4 Å². The van der Waals surface area contributed by atoms with Crippen LogP contribution in [0.4, 0.5) is 5.69 Å². The second-order valence-electron chi connectivity index (χ2n) is 4.63. The van der Waals surface area contributed by atoms with Crippen molar-refractivity contribution in [3.05, 3.63) is 21.1 Å². The molecule has 0 bridgehead atoms. The summed E-state index contributed by atoms with van der Waals surface area (Å²) in [5.74, 6) is 0. The highest BCUT2D eigenvalue weighted by Gasteiger charge is 2.36. The third-order valence-electron chi connectivity index (χ3n) is 3.40. The number of rotatable bonds is 3. The fourth-order valence-electron chi connectivity index (χ4n) is 2.50. The molecule has 0 spiro atoms. The number of halogens is 2. The van der Waals surface area contributed by atoms with Crippen LogP contribution in [0, 0.1) is 0 Å². The van der Waals surface area contributed by atoms with Crippen molar-refractivity contribution in [3.8, 4) is 0 Å². The summed E-state index contributed by atoms with van der Waals surface area (Å²) in [5.41, 5.74) is 6.16. The number of nitrogens with two attached hydrogens (primary N) is 1. The molecular weight excluding hydrogens is 396 g/mol. The largest absolute Gasteiger partial charge is 0.398 e. The standard InChI is InChI=1S/C12H16Br2N2O2S/c1-2-9-4-3-5-16(9)19(17,18)12-10(14)6-8(13)7-11(12)15/h6-7,9H,2-5,15H2,1H3. The van der Waals surface area contributed by atoms with Crippen LogP contribution < -0.4 is 5.73 Å². The predicted octanol–water partition coefficient (Wildman–Crippen LogP) is 3.36. The van der Waals surface area contributed by atoms with E-state index in [-0.39, 0.29) is 16.6 Å². The lowest BCUT2D eigenvalue weighted by atomic mass is 10.2. The van der Waals surface area contributed by atoms with Gasteiger partial charge in [-0.2, -0.15) is 4.31 Å². The summed E-state index contributed by atoms with van der Waals surface area (Å²) in [6, 6.07) is 3.41. The van der Waals surface area contributed by atoms with E-state index >= 15 is 0 Å². The molecule has 1 unspecified atom stereocenters. The number of nitrogen functional groups attached to an aromatic ring is 1. The highest BCUT2D eigenvalue weighted by Crippen LogP contribution is 2.36. The van der Waals surface area contributed by atoms with Crippen molar-refractivity contribution in [2.75, 3.05) is 12.3 Å². The third-order valence-corrected chi connectivity index (χ3v) is 6.81. The Kier molecular flexibility index (Phi) is 4.59. The van der Waals surface area contributed by atoms with Crippen LogP contribution in [-0.2, 0) is 10.0 Å². The molecular formula is C12H16Br2N2O2S. The van der Waals surface area contributed by atoms with Gasteiger partial charge in [0.1, 0.15) is 4.90 Å². The van der Waals surface area contributed by atoms with Crippen LogP contribution in [-0.4, -0.2) is 25.3 Å². The molecule has 1 aliphatic rings. The van der Waals surface area contributed by atoms with E-state index in [1.807, 2.05) is 6.92 Å². The van der Waals surface area contributed by atoms with Crippen LogP contribution >= 0.6 is 31.9 Å². The van der Waals surface area contributed by atoms with Crippen molar-refractivity contribution in [1.82, 2.24) is 4.31 Å². The van der Waals surface area contributed by atoms with Gasteiger partial charge in [-0.1, -0.05) is 22.9 Å². The third kappa shape index (κ3) is 2.84. The zero-order chi connectivity index (χ0) is 14.2. The highest BCUT2D eigenvalue weighted by atomic mass is 79.9. The smallest absolute Gasteiger partial charge is 0.246 e. The summed E-state index contributed by atoms with van der Waals surface area (Å²) in [6.07, 6.45) is 2.66. The van der Waals surface area contributed by atoms with Gasteiger partial charge in [-0.05, 0) is 47.3 Å². The zero-order valence-electron chi connectivity index (χ0n) is 10.6. The summed E-state index contributed by atoms with van der Waals surface area (Å²) in [5, 5.41) is 0. The Morgan fingerprint density at radius 3 is 2.68 bits per heavy atom. The molecule has 1 saturated heterocycles. The van der Waals surface area contributed by atoms with E-state index in [1.165, 1.54) is 0 Å². The summed E-state index contributed by atoms with van der Waals surface area (Å²) < 4.78 is 28.4. The van der Waals surface area contributed by atoms with Gasteiger partial charge in [0, 0.05) is 21.5 Å². The molecule has 1 atom stereocenters. The first-order valence-corrected chi connectivity index (χ1v) is 9.17. The minimum atomic E-state index is -3.54. The van der Waals surface area contributed by atoms with Gasteiger partial charge < -0.3 is 5.73 Å². The maximum atomic E-state index is 12.8. The number of anilines is 1. The van der Waals surface area contributed by atoms with Gasteiger partial charge in [0.05, 0.1) is 5.69 Å². The van der Waals surface area contributed by atoms with Crippen LogP contribution in [0.1, 0.15) is 26.2 Å². The fraction of sp³-hybridized carbons (Fsp3) is 0.500. The molecule has 1 aromatic carbocycles. The second kappa shape index (κ2) is 5.71. The molecule has 4 nitrogen and oxygen atoms in total. The highest BCUT2D eigenvalue weighted by molar-refractivity contribution is 9.11. The molecule has 2 N–H and O–H groups in total. The van der Waals surface area contributed by atoms with E-state index in [2.05, 4.69) is 31.9 Å². The Morgan fingerprint density at radius 2 is 2.11 bits per heavy atom. The van der Waals surface area contributed by atoms with Crippen LogP contribution in [0.25, 0.3) is 0 Å². The zero-order valence-corrected chi connectivity index (χ0v) is 14.6. The summed E-state index contributed by atoms with van der Waals surface area (Å²) >= 11 is 6.61. The maximum absolute atomic E-state index is 12.8. The van der Waals surface area contributed by atoms with E-state index in [9.17, 15) is 8.42 Å². The maximum Gasteiger partial charge on any atom is 0.246 e. The normalized spacial score (nSPS) is 20.9. The van der Waals surface area contributed by atoms with Crippen LogP contribution in [0.5, 0.6) is 0 Å². The summed E-state index contributed by atoms with van der Waals surface area (Å²) in [7, 11) is -3.54. The molecule has 106 valence electrons. The van der Waals surface area contributed by atoms with Gasteiger partial charge >= 0.3 is 0 Å². The Labute approximate surface area is 130 Å². The van der Waals surface area contributed by atoms with Gasteiger partial charge in [0.15, 0.2) is 0 Å². The second-order valence-corrected chi connectivity index (χ2v) is 8.22. The van der Waals surface area contributed by atoms with E-state index < -0.39 is 10.0 Å². The van der Waals surface area contributed by atoms with E-state index in [4.69, 9.17) is 5.73 Å². The molecule has 1 aliphatic heterocycles. The molecule has 19 heavy (non-hydrogen) atoms. The van der Waals surface area contributed by atoms with E-state index in [0.717, 1.165) is 23.7 Å². The van der Waals surface area contributed by atoms with Gasteiger partial charge in [-0.3, -0.25) is 0 Å². The minimum absolute atomic E-state index is 0.0833. The molecule has 0 radical (unpaired) electrons. The molecule has 1 heterocycles. The van der Waals surface area contributed by atoms with Gasteiger partial charge in [-0.25, -0.2) is 8.42 Å². The number of hydrogen-bond donors (Lipinski definition) is 1. The summed E-state index contributed by atoms with van der Waals surface area (Å²) in [6.45, 7) is 2.58. The van der Waals surface area contributed by atoms with Crippen molar-refractivity contribution in [2.45, 2.75) is 37.1 Å². The number of hydrogen-bond acceptors (Lipinski definition) is 3. The van der Waals surface area contributed by atoms with Crippen molar-refractivity contribution in [3.63, 3.8) is 0 Å². The lowest BCUT2D eigenvalue weighted by molar-refractivity contribution is 0.379. The molecule has 2 rings (SSSR count). The van der Waals surface area contributed by atoms with Crippen LogP contribution in [0.2, 0.25) is 0 Å². The SMILES string of the molecule is CCC1CCCN1S(=O)(=O)c1c(N)cc(Br)cc1Br. The van der Waals surface area contributed by atoms with E-state index in [0.29, 0.717) is 11.0 Å².